The Morgan fingerprint density at radius 3 is 1.43 bits per heavy atom. The lowest BCUT2D eigenvalue weighted by Gasteiger charge is -2.23. The van der Waals surface area contributed by atoms with Gasteiger partial charge in [0, 0.05) is 19.3 Å². The highest BCUT2D eigenvalue weighted by atomic mass is 31.2. The molecule has 0 aromatic carbocycles. The van der Waals surface area contributed by atoms with Gasteiger partial charge in [-0.25, -0.2) is 54.0 Å². The monoisotopic (exact) mass is 877 g/mol. The number of rotatable bonds is 14. The van der Waals surface area contributed by atoms with Crippen molar-refractivity contribution in [2.45, 2.75) is 74.6 Å². The minimum Gasteiger partial charge on any atom is -0.394 e. The van der Waals surface area contributed by atoms with Gasteiger partial charge in [0.15, 0.2) is 53.1 Å². The number of phosphoric acid groups is 2. The van der Waals surface area contributed by atoms with Crippen LogP contribution in [0, 0.1) is 0 Å². The second-order valence-electron chi connectivity index (χ2n) is 14.0. The van der Waals surface area contributed by atoms with E-state index in [2.05, 4.69) is 44.9 Å². The van der Waals surface area contributed by atoms with Crippen molar-refractivity contribution in [2.24, 2.45) is 0 Å². The summed E-state index contributed by atoms with van der Waals surface area (Å²) in [4.78, 5) is 58.8. The van der Waals surface area contributed by atoms with Crippen LogP contribution in [0.2, 0.25) is 0 Å². The number of aromatic nitrogens is 12. The highest BCUT2D eigenvalue weighted by Gasteiger charge is 2.46. The fourth-order valence-corrected chi connectivity index (χ4v) is 9.25. The van der Waals surface area contributed by atoms with E-state index < -0.39 is 90.8 Å². The number of anilines is 3. The molecule has 0 amide bonds. The number of imidazole rings is 3. The van der Waals surface area contributed by atoms with Gasteiger partial charge in [0.1, 0.15) is 53.8 Å². The molecule has 0 bridgehead atoms. The number of ether oxygens (including phenoxy) is 3. The van der Waals surface area contributed by atoms with Crippen molar-refractivity contribution < 1.29 is 61.4 Å². The van der Waals surface area contributed by atoms with Crippen LogP contribution in [0.15, 0.2) is 38.0 Å². The van der Waals surface area contributed by atoms with Gasteiger partial charge >= 0.3 is 15.6 Å². The predicted octanol–water partition coefficient (Wildman–Crippen LogP) is -0.527. The molecule has 30 heteroatoms. The van der Waals surface area contributed by atoms with E-state index in [0.29, 0.717) is 11.2 Å². The number of nitrogen functional groups attached to an aromatic ring is 3. The minimum atomic E-state index is -4.92. The summed E-state index contributed by atoms with van der Waals surface area (Å²) in [6.45, 7) is -1.46. The van der Waals surface area contributed by atoms with Crippen LogP contribution >= 0.6 is 15.6 Å². The first-order valence-electron chi connectivity index (χ1n) is 18.1. The molecule has 3 fully saturated rings. The Kier molecular flexibility index (Phi) is 10.7. The van der Waals surface area contributed by atoms with Crippen molar-refractivity contribution in [3.8, 4) is 0 Å². The Labute approximate surface area is 335 Å². The fourth-order valence-electron chi connectivity index (χ4n) is 7.35. The van der Waals surface area contributed by atoms with E-state index in [1.807, 2.05) is 0 Å². The van der Waals surface area contributed by atoms with Crippen molar-refractivity contribution in [3.05, 3.63) is 38.0 Å². The van der Waals surface area contributed by atoms with Gasteiger partial charge in [-0.3, -0.25) is 31.8 Å². The molecule has 28 nitrogen and oxygen atoms in total. The van der Waals surface area contributed by atoms with Gasteiger partial charge in [-0.2, -0.15) is 0 Å². The van der Waals surface area contributed by atoms with Gasteiger partial charge in [0.25, 0.3) is 0 Å². The van der Waals surface area contributed by atoms with Crippen LogP contribution < -0.4 is 17.2 Å². The molecule has 9 heterocycles. The molecule has 0 radical (unpaired) electrons. The third-order valence-electron chi connectivity index (χ3n) is 10.0. The molecule has 6 aromatic heterocycles. The zero-order valence-electron chi connectivity index (χ0n) is 30.9. The van der Waals surface area contributed by atoms with E-state index in [1.54, 1.807) is 0 Å². The second-order valence-corrected chi connectivity index (χ2v) is 16.8. The third kappa shape index (κ3) is 7.77. The van der Waals surface area contributed by atoms with Crippen molar-refractivity contribution in [2.75, 3.05) is 37.0 Å². The van der Waals surface area contributed by atoms with E-state index in [9.17, 15) is 29.1 Å². The van der Waals surface area contributed by atoms with Crippen LogP contribution in [-0.2, 0) is 41.4 Å². The number of hydrogen-bond donors (Lipinski definition) is 7. The molecular formula is C30H37N15O13P2. The van der Waals surface area contributed by atoms with Gasteiger partial charge < -0.3 is 51.4 Å². The molecule has 0 aliphatic carbocycles. The van der Waals surface area contributed by atoms with E-state index in [-0.39, 0.29) is 59.0 Å². The molecule has 0 spiro atoms. The van der Waals surface area contributed by atoms with Crippen molar-refractivity contribution in [3.63, 3.8) is 0 Å². The molecule has 11 unspecified atom stereocenters. The van der Waals surface area contributed by atoms with Crippen LogP contribution in [0.25, 0.3) is 33.5 Å². The highest BCUT2D eigenvalue weighted by molar-refractivity contribution is 7.47. The molecule has 11 atom stereocenters. The fraction of sp³-hybridized carbons (Fsp3) is 0.500. The molecule has 3 aliphatic heterocycles. The van der Waals surface area contributed by atoms with Crippen LogP contribution in [-0.4, -0.2) is 135 Å². The van der Waals surface area contributed by atoms with E-state index in [4.69, 9.17) is 49.5 Å². The Balaban J connectivity index is 0.878. The van der Waals surface area contributed by atoms with Gasteiger partial charge in [-0.15, -0.1) is 0 Å². The summed E-state index contributed by atoms with van der Waals surface area (Å²) in [5, 5.41) is 20.6. The lowest BCUT2D eigenvalue weighted by atomic mass is 10.2. The summed E-state index contributed by atoms with van der Waals surface area (Å²) in [6.07, 6.45) is -1.89. The maximum atomic E-state index is 13.5. The maximum Gasteiger partial charge on any atom is 0.472 e. The van der Waals surface area contributed by atoms with Crippen LogP contribution in [0.5, 0.6) is 0 Å². The molecule has 9 rings (SSSR count). The first-order valence-corrected chi connectivity index (χ1v) is 21.1. The third-order valence-corrected chi connectivity index (χ3v) is 12.1. The highest BCUT2D eigenvalue weighted by Crippen LogP contribution is 2.52. The first-order chi connectivity index (χ1) is 28.8. The Morgan fingerprint density at radius 2 is 0.983 bits per heavy atom. The number of nitrogens with two attached hydrogens (primary N) is 3. The normalized spacial score (nSPS) is 29.2. The van der Waals surface area contributed by atoms with Crippen molar-refractivity contribution in [1.29, 1.82) is 0 Å². The zero-order valence-corrected chi connectivity index (χ0v) is 32.6. The number of aliphatic hydroxyl groups excluding tert-OH is 2. The summed E-state index contributed by atoms with van der Waals surface area (Å²) in [5.41, 5.74) is 19.3. The summed E-state index contributed by atoms with van der Waals surface area (Å²) in [7, 11) is -9.83. The molecule has 3 saturated heterocycles. The number of nitrogens with zero attached hydrogens (tertiary/aromatic N) is 12. The van der Waals surface area contributed by atoms with Gasteiger partial charge in [0.05, 0.1) is 57.1 Å². The minimum absolute atomic E-state index is 0.00621. The van der Waals surface area contributed by atoms with Crippen molar-refractivity contribution in [1.82, 2.24) is 58.6 Å². The Hall–Kier alpha value is -4.93. The number of fused-ring (bicyclic) bond motifs is 3. The SMILES string of the molecule is Nc1ncnc2c1ncn2C1OC(COP(=O)(O)OC2CC(COP(=O)(O)OC3CC(CO)OC3n3cnc4c(N)ncnc43)OC2n2cnc3c(N)ncnc32)CC1O. The zero-order chi connectivity index (χ0) is 41.9. The van der Waals surface area contributed by atoms with Crippen LogP contribution in [0.3, 0.4) is 0 Å². The topological polar surface area (TPSA) is 389 Å². The molecule has 3 aliphatic rings. The molecule has 10 N–H and O–H groups in total. The number of hydrogen-bond acceptors (Lipinski definition) is 23. The molecule has 0 saturated carbocycles. The predicted molar refractivity (Wildman–Crippen MR) is 199 cm³/mol. The summed E-state index contributed by atoms with van der Waals surface area (Å²) in [6, 6.07) is 0. The van der Waals surface area contributed by atoms with E-state index in [0.717, 1.165) is 0 Å². The Bertz CT molecular complexity index is 2630. The lowest BCUT2D eigenvalue weighted by molar-refractivity contribution is -0.0625. The number of aliphatic hydroxyl groups is 2. The quantitative estimate of drug-likeness (QED) is 0.0676. The molecule has 320 valence electrons. The first kappa shape index (κ1) is 40.5. The average Bonchev–Trinajstić information content (AvgIpc) is 4.07. The van der Waals surface area contributed by atoms with Crippen LogP contribution in [0.4, 0.5) is 17.5 Å². The average molecular weight is 878 g/mol. The molecule has 6 aromatic rings. The van der Waals surface area contributed by atoms with Gasteiger partial charge in [-0.1, -0.05) is 0 Å². The van der Waals surface area contributed by atoms with E-state index >= 15 is 0 Å². The van der Waals surface area contributed by atoms with E-state index in [1.165, 1.54) is 51.7 Å². The second kappa shape index (κ2) is 15.8. The summed E-state index contributed by atoms with van der Waals surface area (Å²) >= 11 is 0. The van der Waals surface area contributed by atoms with Crippen LogP contribution in [0.1, 0.15) is 37.9 Å². The van der Waals surface area contributed by atoms with Crippen molar-refractivity contribution >= 4 is 66.6 Å². The lowest BCUT2D eigenvalue weighted by Crippen LogP contribution is -2.23. The number of phosphoric ester groups is 2. The standard InChI is InChI=1S/C30H37N15O13P2/c31-22-19-25(37-7-34-22)43(10-40-19)28-16(47)1-14(55-28)5-52-59(48,49)58-18-3-15(56-30(18)45-12-42-21-24(33)36-9-39-27(21)45)6-53-60(50,51)57-17-2-13(4-46)54-29(17)44-11-41-20-23(32)35-8-38-26(20)44/h7-18,28-30,46-47H,1-6H2,(H,48,49)(H,50,51)(H2,31,34,37)(H2,32,35,38)(H2,33,36,39). The largest absolute Gasteiger partial charge is 0.472 e. The molecular weight excluding hydrogens is 840 g/mol. The summed E-state index contributed by atoms with van der Waals surface area (Å²) in [5.74, 6) is 0.292. The van der Waals surface area contributed by atoms with Gasteiger partial charge in [0.2, 0.25) is 0 Å². The Morgan fingerprint density at radius 1 is 0.600 bits per heavy atom. The smallest absolute Gasteiger partial charge is 0.394 e. The van der Waals surface area contributed by atoms with Gasteiger partial charge in [-0.05, 0) is 0 Å². The summed E-state index contributed by atoms with van der Waals surface area (Å²) < 4.78 is 71.2. The maximum absolute atomic E-state index is 13.5. The molecule has 60 heavy (non-hydrogen) atoms.